The molecule has 2 heterocycles. The molecule has 1 amide bonds. The van der Waals surface area contributed by atoms with Gasteiger partial charge >= 0.3 is 5.97 Å². The predicted octanol–water partition coefficient (Wildman–Crippen LogP) is 4.34. The van der Waals surface area contributed by atoms with Gasteiger partial charge in [-0.05, 0) is 44.0 Å². The van der Waals surface area contributed by atoms with Gasteiger partial charge in [0.2, 0.25) is 0 Å². The van der Waals surface area contributed by atoms with Crippen LogP contribution in [0.2, 0.25) is 5.15 Å². The van der Waals surface area contributed by atoms with Crippen molar-refractivity contribution in [3.05, 3.63) is 65.1 Å². The van der Waals surface area contributed by atoms with Crippen LogP contribution in [0.5, 0.6) is 0 Å². The number of amides is 1. The van der Waals surface area contributed by atoms with Crippen molar-refractivity contribution in [2.24, 2.45) is 0 Å². The van der Waals surface area contributed by atoms with Gasteiger partial charge in [0, 0.05) is 23.2 Å². The van der Waals surface area contributed by atoms with Crippen molar-refractivity contribution >= 4 is 40.1 Å². The maximum absolute atomic E-state index is 12.8. The fraction of sp³-hybridized carbons (Fsp3) is 0.238. The van der Waals surface area contributed by atoms with Gasteiger partial charge in [0.25, 0.3) is 5.91 Å². The topological polar surface area (TPSA) is 81.2 Å². The SMILES string of the molecule is C[C@H](OC(=O)c1cc(C2CC2)nc2ccccc12)C(=O)Nc1cccnc1Cl. The summed E-state index contributed by atoms with van der Waals surface area (Å²) in [5, 5.41) is 3.50. The lowest BCUT2D eigenvalue weighted by Gasteiger charge is -2.15. The lowest BCUT2D eigenvalue weighted by atomic mass is 10.1. The Balaban J connectivity index is 1.54. The highest BCUT2D eigenvalue weighted by molar-refractivity contribution is 6.32. The number of anilines is 1. The molecule has 1 aliphatic rings. The number of nitrogens with zero attached hydrogens (tertiary/aromatic N) is 2. The van der Waals surface area contributed by atoms with E-state index in [0.29, 0.717) is 22.6 Å². The van der Waals surface area contributed by atoms with Crippen molar-refractivity contribution < 1.29 is 14.3 Å². The smallest absolute Gasteiger partial charge is 0.339 e. The number of fused-ring (bicyclic) bond motifs is 1. The van der Waals surface area contributed by atoms with Crippen molar-refractivity contribution in [2.45, 2.75) is 31.8 Å². The molecular weight excluding hydrogens is 378 g/mol. The molecule has 28 heavy (non-hydrogen) atoms. The normalized spacial score (nSPS) is 14.5. The highest BCUT2D eigenvalue weighted by atomic mass is 35.5. The molecule has 2 aromatic heterocycles. The van der Waals surface area contributed by atoms with E-state index in [2.05, 4.69) is 15.3 Å². The number of pyridine rings is 2. The Morgan fingerprint density at radius 2 is 2.00 bits per heavy atom. The van der Waals surface area contributed by atoms with Crippen LogP contribution in [-0.2, 0) is 9.53 Å². The molecule has 0 radical (unpaired) electrons. The lowest BCUT2D eigenvalue weighted by Crippen LogP contribution is -2.30. The molecule has 0 unspecified atom stereocenters. The number of esters is 1. The average molecular weight is 396 g/mol. The summed E-state index contributed by atoms with van der Waals surface area (Å²) in [7, 11) is 0. The molecule has 0 aliphatic heterocycles. The Morgan fingerprint density at radius 3 is 2.75 bits per heavy atom. The zero-order valence-electron chi connectivity index (χ0n) is 15.2. The van der Waals surface area contributed by atoms with Gasteiger partial charge in [0.05, 0.1) is 16.8 Å². The molecule has 142 valence electrons. The van der Waals surface area contributed by atoms with Crippen molar-refractivity contribution in [3.8, 4) is 0 Å². The Bertz CT molecular complexity index is 1070. The van der Waals surface area contributed by atoms with Gasteiger partial charge in [0.1, 0.15) is 0 Å². The van der Waals surface area contributed by atoms with Crippen molar-refractivity contribution in [1.82, 2.24) is 9.97 Å². The maximum atomic E-state index is 12.8. The molecule has 1 aromatic carbocycles. The standard InChI is InChI=1S/C21H18ClN3O3/c1-12(20(26)25-17-7-4-10-23-19(17)22)28-21(27)15-11-18(13-8-9-13)24-16-6-3-2-5-14(15)16/h2-7,10-13H,8-9H2,1H3,(H,25,26)/t12-/m0/s1. The number of benzene rings is 1. The van der Waals surface area contributed by atoms with Gasteiger partial charge in [-0.15, -0.1) is 0 Å². The van der Waals surface area contributed by atoms with Gasteiger partial charge in [0.15, 0.2) is 11.3 Å². The molecule has 1 aliphatic carbocycles. The Labute approximate surface area is 166 Å². The zero-order chi connectivity index (χ0) is 19.7. The second-order valence-corrected chi connectivity index (χ2v) is 7.12. The molecule has 1 atom stereocenters. The monoisotopic (exact) mass is 395 g/mol. The number of nitrogens with one attached hydrogen (secondary N) is 1. The highest BCUT2D eigenvalue weighted by Gasteiger charge is 2.28. The lowest BCUT2D eigenvalue weighted by molar-refractivity contribution is -0.123. The quantitative estimate of drug-likeness (QED) is 0.513. The minimum absolute atomic E-state index is 0.170. The van der Waals surface area contributed by atoms with E-state index >= 15 is 0 Å². The first-order valence-electron chi connectivity index (χ1n) is 9.05. The summed E-state index contributed by atoms with van der Waals surface area (Å²) in [4.78, 5) is 33.8. The van der Waals surface area contributed by atoms with Crippen molar-refractivity contribution in [3.63, 3.8) is 0 Å². The highest BCUT2D eigenvalue weighted by Crippen LogP contribution is 2.40. The van der Waals surface area contributed by atoms with E-state index < -0.39 is 18.0 Å². The Hall–Kier alpha value is -2.99. The summed E-state index contributed by atoms with van der Waals surface area (Å²) in [6.07, 6.45) is 2.67. The van der Waals surface area contributed by atoms with E-state index in [-0.39, 0.29) is 5.15 Å². The van der Waals surface area contributed by atoms with E-state index in [1.165, 1.54) is 13.1 Å². The molecule has 1 N–H and O–H groups in total. The molecule has 7 heteroatoms. The van der Waals surface area contributed by atoms with Crippen LogP contribution in [0.15, 0.2) is 48.7 Å². The number of ether oxygens (including phenoxy) is 1. The fourth-order valence-electron chi connectivity index (χ4n) is 2.94. The van der Waals surface area contributed by atoms with Gasteiger partial charge in [-0.2, -0.15) is 0 Å². The molecule has 6 nitrogen and oxygen atoms in total. The van der Waals surface area contributed by atoms with Crippen molar-refractivity contribution in [1.29, 1.82) is 0 Å². The van der Waals surface area contributed by atoms with Gasteiger partial charge in [-0.25, -0.2) is 9.78 Å². The van der Waals surface area contributed by atoms with E-state index in [9.17, 15) is 9.59 Å². The van der Waals surface area contributed by atoms with Crippen LogP contribution >= 0.6 is 11.6 Å². The van der Waals surface area contributed by atoms with E-state index in [1.54, 1.807) is 18.2 Å². The predicted molar refractivity (Wildman–Crippen MR) is 106 cm³/mol. The number of rotatable bonds is 5. The summed E-state index contributed by atoms with van der Waals surface area (Å²) in [6.45, 7) is 1.52. The third-order valence-electron chi connectivity index (χ3n) is 4.62. The summed E-state index contributed by atoms with van der Waals surface area (Å²) < 4.78 is 5.43. The summed E-state index contributed by atoms with van der Waals surface area (Å²) in [5.41, 5.74) is 2.43. The summed E-state index contributed by atoms with van der Waals surface area (Å²) in [5.74, 6) is -0.644. The Kier molecular flexibility index (Phi) is 4.96. The van der Waals surface area contributed by atoms with E-state index in [4.69, 9.17) is 16.3 Å². The number of hydrogen-bond donors (Lipinski definition) is 1. The average Bonchev–Trinajstić information content (AvgIpc) is 3.54. The van der Waals surface area contributed by atoms with Gasteiger partial charge in [-0.3, -0.25) is 9.78 Å². The number of carbonyl (C=O) groups excluding carboxylic acids is 2. The van der Waals surface area contributed by atoms with E-state index in [1.807, 2.05) is 24.3 Å². The van der Waals surface area contributed by atoms with Crippen LogP contribution in [0.25, 0.3) is 10.9 Å². The first-order valence-corrected chi connectivity index (χ1v) is 9.43. The number of aromatic nitrogens is 2. The molecule has 1 fully saturated rings. The molecule has 0 saturated heterocycles. The zero-order valence-corrected chi connectivity index (χ0v) is 15.9. The van der Waals surface area contributed by atoms with Crippen LogP contribution in [0.3, 0.4) is 0 Å². The molecule has 3 aromatic rings. The minimum atomic E-state index is -1.000. The first kappa shape index (κ1) is 18.4. The van der Waals surface area contributed by atoms with Crippen LogP contribution < -0.4 is 5.32 Å². The number of hydrogen-bond acceptors (Lipinski definition) is 5. The van der Waals surface area contributed by atoms with Crippen molar-refractivity contribution in [2.75, 3.05) is 5.32 Å². The minimum Gasteiger partial charge on any atom is -0.449 e. The molecular formula is C21H18ClN3O3. The number of halogens is 1. The second kappa shape index (κ2) is 7.56. The van der Waals surface area contributed by atoms with Crippen LogP contribution in [0.4, 0.5) is 5.69 Å². The first-order chi connectivity index (χ1) is 13.5. The van der Waals surface area contributed by atoms with Gasteiger partial charge in [-0.1, -0.05) is 29.8 Å². The van der Waals surface area contributed by atoms with Gasteiger partial charge < -0.3 is 10.1 Å². The van der Waals surface area contributed by atoms with Crippen LogP contribution in [-0.4, -0.2) is 27.9 Å². The second-order valence-electron chi connectivity index (χ2n) is 6.76. The number of carbonyl (C=O) groups is 2. The fourth-order valence-corrected chi connectivity index (χ4v) is 3.11. The molecule has 1 saturated carbocycles. The summed E-state index contributed by atoms with van der Waals surface area (Å²) in [6, 6.07) is 12.5. The summed E-state index contributed by atoms with van der Waals surface area (Å²) >= 11 is 5.95. The number of para-hydroxylation sites is 1. The van der Waals surface area contributed by atoms with Crippen LogP contribution in [0, 0.1) is 0 Å². The van der Waals surface area contributed by atoms with Crippen LogP contribution in [0.1, 0.15) is 41.7 Å². The molecule has 4 rings (SSSR count). The Morgan fingerprint density at radius 1 is 1.21 bits per heavy atom. The largest absolute Gasteiger partial charge is 0.449 e. The maximum Gasteiger partial charge on any atom is 0.339 e. The third-order valence-corrected chi connectivity index (χ3v) is 4.92. The molecule has 0 spiro atoms. The third kappa shape index (κ3) is 3.82. The molecule has 0 bridgehead atoms. The van der Waals surface area contributed by atoms with E-state index in [0.717, 1.165) is 24.1 Å².